The van der Waals surface area contributed by atoms with Crippen LogP contribution in [0.4, 0.5) is 0 Å². The molecule has 3 atom stereocenters. The van der Waals surface area contributed by atoms with Crippen LogP contribution in [0.1, 0.15) is 46.0 Å². The topological polar surface area (TPSA) is 43.1 Å². The molecule has 0 spiro atoms. The quantitative estimate of drug-likeness (QED) is 0.766. The van der Waals surface area contributed by atoms with Crippen LogP contribution in [0.5, 0.6) is 0 Å². The van der Waals surface area contributed by atoms with Crippen molar-refractivity contribution in [3.05, 3.63) is 0 Å². The molecule has 1 aliphatic rings. The molecule has 1 aliphatic carbocycles. The highest BCUT2D eigenvalue weighted by Gasteiger charge is 2.21. The number of nitrogens with two attached hydrogens (primary N) is 1. The zero-order valence-corrected chi connectivity index (χ0v) is 10.2. The van der Waals surface area contributed by atoms with Gasteiger partial charge in [-0.2, -0.15) is 0 Å². The predicted octanol–water partition coefficient (Wildman–Crippen LogP) is 2.05. The lowest BCUT2D eigenvalue weighted by Gasteiger charge is -2.16. The molecule has 0 saturated heterocycles. The number of hydrogen-bond donors (Lipinski definition) is 1. The maximum absolute atomic E-state index is 11.9. The van der Waals surface area contributed by atoms with E-state index in [2.05, 4.69) is 6.92 Å². The van der Waals surface area contributed by atoms with Crippen molar-refractivity contribution in [2.24, 2.45) is 11.7 Å². The van der Waals surface area contributed by atoms with Gasteiger partial charge in [0.05, 0.1) is 0 Å². The molecule has 2 N–H and O–H groups in total. The van der Waals surface area contributed by atoms with E-state index in [-0.39, 0.29) is 11.3 Å². The summed E-state index contributed by atoms with van der Waals surface area (Å²) in [5, 5.41) is 0.274. The van der Waals surface area contributed by atoms with E-state index in [4.69, 9.17) is 5.73 Å². The minimum absolute atomic E-state index is 0.178. The predicted molar refractivity (Wildman–Crippen MR) is 62.7 cm³/mol. The van der Waals surface area contributed by atoms with Crippen LogP contribution in [-0.2, 0) is 10.8 Å². The first kappa shape index (κ1) is 12.2. The molecule has 0 radical (unpaired) electrons. The van der Waals surface area contributed by atoms with Gasteiger partial charge in [-0.15, -0.1) is 0 Å². The van der Waals surface area contributed by atoms with Crippen LogP contribution < -0.4 is 5.73 Å². The van der Waals surface area contributed by atoms with Crippen molar-refractivity contribution in [2.75, 3.05) is 5.75 Å². The molecule has 3 unspecified atom stereocenters. The first-order valence-corrected chi connectivity index (χ1v) is 7.10. The molecular weight excluding hydrogens is 194 g/mol. The lowest BCUT2D eigenvalue weighted by Crippen LogP contribution is -2.26. The van der Waals surface area contributed by atoms with Crippen molar-refractivity contribution in [1.82, 2.24) is 0 Å². The van der Waals surface area contributed by atoms with Crippen molar-refractivity contribution in [1.29, 1.82) is 0 Å². The van der Waals surface area contributed by atoms with Crippen LogP contribution in [-0.4, -0.2) is 21.3 Å². The summed E-state index contributed by atoms with van der Waals surface area (Å²) in [5.41, 5.74) is 5.70. The van der Waals surface area contributed by atoms with E-state index in [1.807, 2.05) is 6.92 Å². The van der Waals surface area contributed by atoms with E-state index in [0.29, 0.717) is 0 Å². The molecule has 2 nitrogen and oxygen atoms in total. The molecule has 1 fully saturated rings. The molecule has 0 aromatic carbocycles. The average molecular weight is 217 g/mol. The molecule has 1 saturated carbocycles. The second-order valence-corrected chi connectivity index (χ2v) is 6.62. The van der Waals surface area contributed by atoms with Gasteiger partial charge in [-0.25, -0.2) is 0 Å². The first-order valence-electron chi connectivity index (χ1n) is 5.72. The smallest absolute Gasteiger partial charge is 0.0334 e. The van der Waals surface area contributed by atoms with E-state index in [1.54, 1.807) is 0 Å². The Morgan fingerprint density at radius 2 is 1.93 bits per heavy atom. The zero-order chi connectivity index (χ0) is 10.6. The Hall–Kier alpha value is 0.110. The Bertz CT molecular complexity index is 188. The van der Waals surface area contributed by atoms with Crippen molar-refractivity contribution in [2.45, 2.75) is 57.2 Å². The summed E-state index contributed by atoms with van der Waals surface area (Å²) in [4.78, 5) is 0. The van der Waals surface area contributed by atoms with Crippen molar-refractivity contribution in [3.63, 3.8) is 0 Å². The SMILES string of the molecule is CC(N)CC(C)S(=O)CC1CCCC1. The Morgan fingerprint density at radius 3 is 2.43 bits per heavy atom. The molecule has 0 aromatic heterocycles. The van der Waals surface area contributed by atoms with Crippen molar-refractivity contribution >= 4 is 10.8 Å². The molecule has 3 heteroatoms. The monoisotopic (exact) mass is 217 g/mol. The molecule has 0 bridgehead atoms. The second-order valence-electron chi connectivity index (χ2n) is 4.72. The third-order valence-electron chi connectivity index (χ3n) is 3.03. The van der Waals surface area contributed by atoms with Gasteiger partial charge in [0.2, 0.25) is 0 Å². The lowest BCUT2D eigenvalue weighted by atomic mass is 10.1. The highest BCUT2D eigenvalue weighted by Crippen LogP contribution is 2.26. The molecule has 84 valence electrons. The molecule has 14 heavy (non-hydrogen) atoms. The highest BCUT2D eigenvalue weighted by molar-refractivity contribution is 7.85. The van der Waals surface area contributed by atoms with E-state index in [9.17, 15) is 4.21 Å². The maximum atomic E-state index is 11.9. The normalized spacial score (nSPS) is 24.8. The van der Waals surface area contributed by atoms with E-state index < -0.39 is 10.8 Å². The van der Waals surface area contributed by atoms with Gasteiger partial charge in [0, 0.05) is 27.8 Å². The van der Waals surface area contributed by atoms with Crippen LogP contribution >= 0.6 is 0 Å². The molecule has 0 aromatic rings. The Labute approximate surface area is 90.1 Å². The summed E-state index contributed by atoms with van der Waals surface area (Å²) in [6, 6.07) is 0.178. The standard InChI is InChI=1S/C11H23NOS/c1-9(12)7-10(2)14(13)8-11-5-3-4-6-11/h9-11H,3-8,12H2,1-2H3. The van der Waals surface area contributed by atoms with Gasteiger partial charge in [-0.1, -0.05) is 19.8 Å². The van der Waals surface area contributed by atoms with Crippen molar-refractivity contribution < 1.29 is 4.21 Å². The second kappa shape index (κ2) is 5.86. The van der Waals surface area contributed by atoms with Gasteiger partial charge in [0.15, 0.2) is 0 Å². The van der Waals surface area contributed by atoms with E-state index in [1.165, 1.54) is 25.7 Å². The minimum Gasteiger partial charge on any atom is -0.328 e. The van der Waals surface area contributed by atoms with Crippen molar-refractivity contribution in [3.8, 4) is 0 Å². The van der Waals surface area contributed by atoms with Gasteiger partial charge < -0.3 is 5.73 Å². The van der Waals surface area contributed by atoms with Crippen LogP contribution in [0.3, 0.4) is 0 Å². The first-order chi connectivity index (χ1) is 6.59. The number of hydrogen-bond acceptors (Lipinski definition) is 2. The van der Waals surface area contributed by atoms with E-state index >= 15 is 0 Å². The van der Waals surface area contributed by atoms with Gasteiger partial charge >= 0.3 is 0 Å². The summed E-state index contributed by atoms with van der Waals surface area (Å²) in [5.74, 6) is 1.64. The maximum Gasteiger partial charge on any atom is 0.0334 e. The minimum atomic E-state index is -0.655. The Morgan fingerprint density at radius 1 is 1.36 bits per heavy atom. The highest BCUT2D eigenvalue weighted by atomic mass is 32.2. The van der Waals surface area contributed by atoms with Crippen LogP contribution in [0, 0.1) is 5.92 Å². The third kappa shape index (κ3) is 4.09. The zero-order valence-electron chi connectivity index (χ0n) is 9.37. The van der Waals surface area contributed by atoms with Crippen LogP contribution in [0.2, 0.25) is 0 Å². The fraction of sp³-hybridized carbons (Fsp3) is 1.00. The van der Waals surface area contributed by atoms with Gasteiger partial charge in [0.1, 0.15) is 0 Å². The van der Waals surface area contributed by atoms with E-state index in [0.717, 1.165) is 18.1 Å². The Balaban J connectivity index is 2.25. The lowest BCUT2D eigenvalue weighted by molar-refractivity contribution is 0.588. The molecular formula is C11H23NOS. The fourth-order valence-electron chi connectivity index (χ4n) is 2.20. The molecule has 0 amide bonds. The molecule has 0 aliphatic heterocycles. The summed E-state index contributed by atoms with van der Waals surface area (Å²) >= 11 is 0. The van der Waals surface area contributed by atoms with Gasteiger partial charge in [-0.3, -0.25) is 4.21 Å². The summed E-state index contributed by atoms with van der Waals surface area (Å²) < 4.78 is 11.9. The van der Waals surface area contributed by atoms with Crippen LogP contribution in [0.25, 0.3) is 0 Å². The molecule has 0 heterocycles. The summed E-state index contributed by atoms with van der Waals surface area (Å²) in [6.45, 7) is 4.05. The van der Waals surface area contributed by atoms with Gasteiger partial charge in [0.25, 0.3) is 0 Å². The third-order valence-corrected chi connectivity index (χ3v) is 4.92. The number of rotatable bonds is 5. The van der Waals surface area contributed by atoms with Gasteiger partial charge in [-0.05, 0) is 32.1 Å². The fourth-order valence-corrected chi connectivity index (χ4v) is 3.85. The largest absolute Gasteiger partial charge is 0.328 e. The Kier molecular flexibility index (Phi) is 5.10. The summed E-state index contributed by atoms with van der Waals surface area (Å²) in [6.07, 6.45) is 6.14. The molecule has 1 rings (SSSR count). The van der Waals surface area contributed by atoms with Crippen LogP contribution in [0.15, 0.2) is 0 Å². The average Bonchev–Trinajstić information content (AvgIpc) is 2.55. The summed E-state index contributed by atoms with van der Waals surface area (Å²) in [7, 11) is -0.655.